The first-order valence-electron chi connectivity index (χ1n) is 6.76. The minimum atomic E-state index is 0.319. The molecule has 0 atom stereocenters. The van der Waals surface area contributed by atoms with E-state index in [1.165, 1.54) is 11.0 Å². The van der Waals surface area contributed by atoms with E-state index in [1.807, 2.05) is 25.1 Å². The van der Waals surface area contributed by atoms with Gasteiger partial charge in [0.1, 0.15) is 30.2 Å². The largest absolute Gasteiger partial charge is 0.486 e. The van der Waals surface area contributed by atoms with Crippen molar-refractivity contribution in [2.45, 2.75) is 13.5 Å². The van der Waals surface area contributed by atoms with Crippen molar-refractivity contribution in [3.05, 3.63) is 63.5 Å². The first kappa shape index (κ1) is 15.5. The highest BCUT2D eigenvalue weighted by Crippen LogP contribution is 2.22. The molecule has 3 aromatic rings. The third-order valence-corrected chi connectivity index (χ3v) is 3.74. The van der Waals surface area contributed by atoms with E-state index < -0.39 is 0 Å². The molecule has 0 bridgehead atoms. The molecule has 0 spiro atoms. The Morgan fingerprint density at radius 1 is 1.43 bits per heavy atom. The predicted octanol–water partition coefficient (Wildman–Crippen LogP) is 3.96. The van der Waals surface area contributed by atoms with E-state index in [0.717, 1.165) is 11.3 Å². The normalized spacial score (nSPS) is 11.2. The number of nitrogens with zero attached hydrogens (tertiary/aromatic N) is 3. The number of benzene rings is 1. The number of halogens is 1. The summed E-state index contributed by atoms with van der Waals surface area (Å²) < 4.78 is 13.1. The van der Waals surface area contributed by atoms with Gasteiger partial charge < -0.3 is 9.15 Å². The molecule has 118 valence electrons. The van der Waals surface area contributed by atoms with Crippen LogP contribution in [0.3, 0.4) is 0 Å². The molecule has 0 aliphatic heterocycles. The number of rotatable bonds is 5. The van der Waals surface area contributed by atoms with Crippen LogP contribution in [0.1, 0.15) is 17.1 Å². The van der Waals surface area contributed by atoms with Gasteiger partial charge in [0, 0.05) is 5.02 Å². The first-order valence-corrected chi connectivity index (χ1v) is 7.54. The number of ether oxygens (including phenoxy) is 1. The second-order valence-electron chi connectivity index (χ2n) is 4.75. The van der Waals surface area contributed by atoms with Gasteiger partial charge in [-0.05, 0) is 55.0 Å². The average Bonchev–Trinajstić information content (AvgIpc) is 3.15. The van der Waals surface area contributed by atoms with Crippen molar-refractivity contribution >= 4 is 30.0 Å². The Kier molecular flexibility index (Phi) is 4.59. The number of aryl methyl sites for hydroxylation is 1. The van der Waals surface area contributed by atoms with Crippen molar-refractivity contribution in [3.63, 3.8) is 0 Å². The molecule has 2 aromatic heterocycles. The quantitative estimate of drug-likeness (QED) is 0.559. The van der Waals surface area contributed by atoms with Crippen molar-refractivity contribution < 1.29 is 9.15 Å². The molecule has 1 N–H and O–H groups in total. The lowest BCUT2D eigenvalue weighted by atomic mass is 10.2. The van der Waals surface area contributed by atoms with Gasteiger partial charge >= 0.3 is 0 Å². The molecule has 2 heterocycles. The molecular weight excluding hydrogens is 336 g/mol. The van der Waals surface area contributed by atoms with Crippen LogP contribution in [0, 0.1) is 11.7 Å². The fraction of sp³-hybridized carbons (Fsp3) is 0.133. The van der Waals surface area contributed by atoms with E-state index >= 15 is 0 Å². The van der Waals surface area contributed by atoms with Gasteiger partial charge in [-0.3, -0.25) is 5.10 Å². The smallest absolute Gasteiger partial charge is 0.216 e. The van der Waals surface area contributed by atoms with E-state index in [4.69, 9.17) is 33.0 Å². The van der Waals surface area contributed by atoms with Gasteiger partial charge in [-0.2, -0.15) is 14.9 Å². The lowest BCUT2D eigenvalue weighted by Gasteiger charge is -2.05. The van der Waals surface area contributed by atoms with E-state index in [0.29, 0.717) is 27.9 Å². The number of aromatic nitrogens is 3. The molecule has 0 unspecified atom stereocenters. The first-order chi connectivity index (χ1) is 11.1. The molecular formula is C15H13ClN4O2S. The Labute approximate surface area is 142 Å². The van der Waals surface area contributed by atoms with Crippen LogP contribution in [0.15, 0.2) is 46.2 Å². The molecule has 0 aliphatic carbocycles. The van der Waals surface area contributed by atoms with Gasteiger partial charge in [0.25, 0.3) is 0 Å². The molecule has 3 rings (SSSR count). The number of nitrogens with one attached hydrogen (secondary N) is 1. The minimum Gasteiger partial charge on any atom is -0.486 e. The highest BCUT2D eigenvalue weighted by Gasteiger charge is 2.03. The molecule has 0 saturated carbocycles. The highest BCUT2D eigenvalue weighted by molar-refractivity contribution is 7.71. The second kappa shape index (κ2) is 6.80. The topological polar surface area (TPSA) is 68.3 Å². The van der Waals surface area contributed by atoms with Crippen molar-refractivity contribution in [1.29, 1.82) is 0 Å². The number of hydrogen-bond acceptors (Lipinski definition) is 5. The molecule has 23 heavy (non-hydrogen) atoms. The monoisotopic (exact) mass is 348 g/mol. The van der Waals surface area contributed by atoms with Crippen molar-refractivity contribution in [2.75, 3.05) is 0 Å². The number of furan rings is 1. The molecule has 0 radical (unpaired) electrons. The van der Waals surface area contributed by atoms with E-state index in [9.17, 15) is 0 Å². The zero-order valence-corrected chi connectivity index (χ0v) is 13.8. The average molecular weight is 349 g/mol. The fourth-order valence-electron chi connectivity index (χ4n) is 1.85. The third kappa shape index (κ3) is 3.88. The number of hydrogen-bond donors (Lipinski definition) is 1. The van der Waals surface area contributed by atoms with Gasteiger partial charge in [0.05, 0.1) is 6.21 Å². The summed E-state index contributed by atoms with van der Waals surface area (Å²) in [7, 11) is 0. The summed E-state index contributed by atoms with van der Waals surface area (Å²) in [5, 5.41) is 11.2. The summed E-state index contributed by atoms with van der Waals surface area (Å²) in [5.41, 5.74) is 0.966. The van der Waals surface area contributed by atoms with Gasteiger partial charge in [-0.1, -0.05) is 11.6 Å². The van der Waals surface area contributed by atoms with Crippen LogP contribution in [-0.4, -0.2) is 21.1 Å². The van der Waals surface area contributed by atoms with Crippen molar-refractivity contribution in [3.8, 4) is 5.75 Å². The van der Waals surface area contributed by atoms with Crippen LogP contribution >= 0.6 is 23.8 Å². The summed E-state index contributed by atoms with van der Waals surface area (Å²) in [4.78, 5) is 0. The highest BCUT2D eigenvalue weighted by atomic mass is 35.5. The van der Waals surface area contributed by atoms with Crippen molar-refractivity contribution in [2.24, 2.45) is 5.10 Å². The van der Waals surface area contributed by atoms with E-state index in [2.05, 4.69) is 15.3 Å². The minimum absolute atomic E-state index is 0.319. The lowest BCUT2D eigenvalue weighted by molar-refractivity contribution is 0.269. The Morgan fingerprint density at radius 3 is 3.04 bits per heavy atom. The fourth-order valence-corrected chi connectivity index (χ4v) is 2.11. The van der Waals surface area contributed by atoms with Gasteiger partial charge in [0.2, 0.25) is 4.77 Å². The zero-order valence-electron chi connectivity index (χ0n) is 12.2. The molecule has 0 saturated heterocycles. The SMILES string of the molecule is Cc1cc(OCc2ccc(/C=N\n3cn[nH]c3=S)o2)ccc1Cl. The van der Waals surface area contributed by atoms with Crippen LogP contribution in [0.4, 0.5) is 0 Å². The van der Waals surface area contributed by atoms with Gasteiger partial charge in [-0.25, -0.2) is 0 Å². The maximum absolute atomic E-state index is 5.98. The van der Waals surface area contributed by atoms with Crippen LogP contribution in [0.25, 0.3) is 0 Å². The van der Waals surface area contributed by atoms with Gasteiger partial charge in [0.15, 0.2) is 0 Å². The van der Waals surface area contributed by atoms with Crippen LogP contribution < -0.4 is 4.74 Å². The Balaban J connectivity index is 1.63. The molecule has 1 aromatic carbocycles. The maximum atomic E-state index is 5.98. The lowest BCUT2D eigenvalue weighted by Crippen LogP contribution is -1.94. The van der Waals surface area contributed by atoms with E-state index in [-0.39, 0.29) is 0 Å². The van der Waals surface area contributed by atoms with E-state index in [1.54, 1.807) is 18.3 Å². The van der Waals surface area contributed by atoms with Crippen molar-refractivity contribution in [1.82, 2.24) is 14.9 Å². The summed E-state index contributed by atoms with van der Waals surface area (Å²) in [5.74, 6) is 2.03. The Bertz CT molecular complexity index is 897. The number of aromatic amines is 1. The zero-order chi connectivity index (χ0) is 16.2. The summed E-state index contributed by atoms with van der Waals surface area (Å²) in [6.45, 7) is 2.25. The standard InChI is InChI=1S/C15H13ClN4O2S/c1-10-6-11(4-5-14(10)16)21-8-13-3-2-12(22-13)7-18-20-9-17-19-15(20)23/h2-7,9H,8H2,1H3,(H,19,23)/b18-7-. The van der Waals surface area contributed by atoms with Crippen LogP contribution in [0.5, 0.6) is 5.75 Å². The van der Waals surface area contributed by atoms with Gasteiger partial charge in [-0.15, -0.1) is 0 Å². The summed E-state index contributed by atoms with van der Waals surface area (Å²) in [6, 6.07) is 9.15. The maximum Gasteiger partial charge on any atom is 0.216 e. The van der Waals surface area contributed by atoms with Crippen LogP contribution in [0.2, 0.25) is 5.02 Å². The Hall–Kier alpha value is -2.38. The molecule has 0 aliphatic rings. The molecule has 0 amide bonds. The second-order valence-corrected chi connectivity index (χ2v) is 5.55. The Morgan fingerprint density at radius 2 is 2.30 bits per heavy atom. The molecule has 0 fully saturated rings. The molecule has 8 heteroatoms. The predicted molar refractivity (Wildman–Crippen MR) is 89.6 cm³/mol. The summed E-state index contributed by atoms with van der Waals surface area (Å²) >= 11 is 11.0. The molecule has 6 nitrogen and oxygen atoms in total. The summed E-state index contributed by atoms with van der Waals surface area (Å²) in [6.07, 6.45) is 3.04. The van der Waals surface area contributed by atoms with Crippen LogP contribution in [-0.2, 0) is 6.61 Å². The number of H-pyrrole nitrogens is 1. The third-order valence-electron chi connectivity index (χ3n) is 3.04.